The van der Waals surface area contributed by atoms with Crippen LogP contribution in [0.25, 0.3) is 0 Å². The van der Waals surface area contributed by atoms with Gasteiger partial charge in [0, 0.05) is 24.7 Å². The normalized spacial score (nSPS) is 35.3. The maximum absolute atomic E-state index is 14.9. The van der Waals surface area contributed by atoms with Crippen molar-refractivity contribution in [2.24, 2.45) is 47.3 Å². The second kappa shape index (κ2) is 12.7. The predicted molar refractivity (Wildman–Crippen MR) is 174 cm³/mol. The zero-order chi connectivity index (χ0) is 31.2. The molecule has 2 saturated carbocycles. The van der Waals surface area contributed by atoms with Crippen LogP contribution in [0.4, 0.5) is 0 Å². The zero-order valence-corrected chi connectivity index (χ0v) is 27.5. The summed E-state index contributed by atoms with van der Waals surface area (Å²) in [6.07, 6.45) is 8.15. The second-order valence-electron chi connectivity index (χ2n) is 15.3. The smallest absolute Gasteiger partial charge is 0.143 e. The first-order valence-corrected chi connectivity index (χ1v) is 17.4. The highest BCUT2D eigenvalue weighted by molar-refractivity contribution is 5.98. The summed E-state index contributed by atoms with van der Waals surface area (Å²) in [6.45, 7) is 10.9. The molecule has 44 heavy (non-hydrogen) atoms. The molecular weight excluding hydrogens is 544 g/mol. The van der Waals surface area contributed by atoms with Crippen LogP contribution in [0.15, 0.2) is 48.5 Å². The van der Waals surface area contributed by atoms with Gasteiger partial charge in [-0.05, 0) is 87.2 Å². The average Bonchev–Trinajstić information content (AvgIpc) is 3.54. The van der Waals surface area contributed by atoms with Crippen LogP contribution in [0.1, 0.15) is 94.4 Å². The van der Waals surface area contributed by atoms with Gasteiger partial charge in [-0.25, -0.2) is 0 Å². The van der Waals surface area contributed by atoms with E-state index >= 15 is 0 Å². The van der Waals surface area contributed by atoms with E-state index in [0.717, 1.165) is 48.8 Å². The molecule has 10 unspecified atom stereocenters. The Morgan fingerprint density at radius 2 is 1.68 bits per heavy atom. The standard InChI is InChI=1S/C40H52O4/c1-24-18-25(2)20-30(19-24)21-34(42)37-35-16-17-40(44-35)23-32(33(41)22-31-13-9-10-26(3)28(31)5)36(39(43)38(37)40)27(4)14-15-29-11-7-6-8-12-29/h6-8,11-12,18-20,26-28,31-32,35-38H,9-10,13-17,21-23H2,1-5H3. The molecule has 1 spiro atoms. The van der Waals surface area contributed by atoms with Crippen molar-refractivity contribution in [2.45, 2.75) is 111 Å². The molecule has 0 radical (unpaired) electrons. The lowest BCUT2D eigenvalue weighted by atomic mass is 9.54. The Balaban J connectivity index is 1.28. The summed E-state index contributed by atoms with van der Waals surface area (Å²) in [4.78, 5) is 43.3. The highest BCUT2D eigenvalue weighted by atomic mass is 16.5. The minimum absolute atomic E-state index is 0.0611. The van der Waals surface area contributed by atoms with E-state index in [9.17, 15) is 14.4 Å². The number of fused-ring (bicyclic) bond motifs is 1. The van der Waals surface area contributed by atoms with Gasteiger partial charge in [-0.3, -0.25) is 14.4 Å². The maximum Gasteiger partial charge on any atom is 0.143 e. The van der Waals surface area contributed by atoms with E-state index in [-0.39, 0.29) is 41.2 Å². The summed E-state index contributed by atoms with van der Waals surface area (Å²) in [5.41, 5.74) is 3.92. The van der Waals surface area contributed by atoms with Gasteiger partial charge in [0.15, 0.2) is 0 Å². The Hall–Kier alpha value is -2.59. The van der Waals surface area contributed by atoms with E-state index in [2.05, 4.69) is 77.1 Å². The molecule has 0 amide bonds. The van der Waals surface area contributed by atoms with Crippen molar-refractivity contribution in [2.75, 3.05) is 0 Å². The van der Waals surface area contributed by atoms with E-state index in [1.807, 2.05) is 6.07 Å². The van der Waals surface area contributed by atoms with Crippen LogP contribution >= 0.6 is 0 Å². The van der Waals surface area contributed by atoms with Crippen molar-refractivity contribution in [3.63, 3.8) is 0 Å². The van der Waals surface area contributed by atoms with Crippen molar-refractivity contribution in [1.82, 2.24) is 0 Å². The summed E-state index contributed by atoms with van der Waals surface area (Å²) in [5.74, 6) is 0.651. The molecule has 10 atom stereocenters. The number of carbonyl (C=O) groups excluding carboxylic acids is 3. The Kier molecular flexibility index (Phi) is 9.03. The molecule has 2 aromatic carbocycles. The monoisotopic (exact) mass is 596 g/mol. The number of Topliss-reactive ketones (excluding diaryl/α,β-unsaturated/α-hetero) is 3. The van der Waals surface area contributed by atoms with Gasteiger partial charge in [-0.15, -0.1) is 0 Å². The highest BCUT2D eigenvalue weighted by Gasteiger charge is 2.68. The minimum atomic E-state index is -0.661. The van der Waals surface area contributed by atoms with Crippen LogP contribution in [0, 0.1) is 61.2 Å². The van der Waals surface area contributed by atoms with Gasteiger partial charge in [-0.2, -0.15) is 0 Å². The molecule has 6 rings (SSSR count). The van der Waals surface area contributed by atoms with E-state index in [0.29, 0.717) is 37.0 Å². The van der Waals surface area contributed by atoms with E-state index < -0.39 is 17.4 Å². The molecule has 2 aromatic rings. The molecule has 2 heterocycles. The number of ketones is 3. The van der Waals surface area contributed by atoms with Crippen molar-refractivity contribution >= 4 is 17.3 Å². The highest BCUT2D eigenvalue weighted by Crippen LogP contribution is 2.60. The largest absolute Gasteiger partial charge is 0.370 e. The first-order valence-electron chi connectivity index (χ1n) is 17.4. The number of carbonyl (C=O) groups is 3. The third-order valence-corrected chi connectivity index (χ3v) is 12.3. The van der Waals surface area contributed by atoms with Gasteiger partial charge in [0.2, 0.25) is 0 Å². The fourth-order valence-electron chi connectivity index (χ4n) is 9.93. The van der Waals surface area contributed by atoms with Crippen molar-refractivity contribution in [3.8, 4) is 0 Å². The van der Waals surface area contributed by atoms with E-state index in [1.54, 1.807) is 0 Å². The molecule has 4 heteroatoms. The van der Waals surface area contributed by atoms with Crippen LogP contribution in [0.3, 0.4) is 0 Å². The lowest BCUT2D eigenvalue weighted by molar-refractivity contribution is -0.155. The summed E-state index contributed by atoms with van der Waals surface area (Å²) in [7, 11) is 0. The van der Waals surface area contributed by atoms with E-state index in [4.69, 9.17) is 4.74 Å². The quantitative estimate of drug-likeness (QED) is 0.278. The van der Waals surface area contributed by atoms with Crippen molar-refractivity contribution < 1.29 is 19.1 Å². The molecule has 2 bridgehead atoms. The van der Waals surface area contributed by atoms with Gasteiger partial charge in [0.1, 0.15) is 17.3 Å². The molecule has 2 aliphatic heterocycles. The Morgan fingerprint density at radius 1 is 0.955 bits per heavy atom. The van der Waals surface area contributed by atoms with Crippen LogP contribution in [-0.4, -0.2) is 29.1 Å². The molecule has 4 fully saturated rings. The van der Waals surface area contributed by atoms with Crippen LogP contribution < -0.4 is 0 Å². The fourth-order valence-corrected chi connectivity index (χ4v) is 9.93. The van der Waals surface area contributed by atoms with Gasteiger partial charge in [0.25, 0.3) is 0 Å². The lowest BCUT2D eigenvalue weighted by Crippen LogP contribution is -2.57. The topological polar surface area (TPSA) is 60.4 Å². The summed E-state index contributed by atoms with van der Waals surface area (Å²) >= 11 is 0. The predicted octanol–water partition coefficient (Wildman–Crippen LogP) is 8.08. The lowest BCUT2D eigenvalue weighted by Gasteiger charge is -2.47. The van der Waals surface area contributed by atoms with Crippen molar-refractivity contribution in [1.29, 1.82) is 0 Å². The molecule has 4 nitrogen and oxygen atoms in total. The van der Waals surface area contributed by atoms with Gasteiger partial charge in [-0.1, -0.05) is 93.3 Å². The Labute approximate surface area is 264 Å². The average molecular weight is 597 g/mol. The summed E-state index contributed by atoms with van der Waals surface area (Å²) in [5, 5.41) is 0. The third kappa shape index (κ3) is 6.00. The minimum Gasteiger partial charge on any atom is -0.370 e. The molecule has 2 saturated heterocycles. The fraction of sp³-hybridized carbons (Fsp3) is 0.625. The van der Waals surface area contributed by atoms with Crippen molar-refractivity contribution in [3.05, 3.63) is 70.8 Å². The number of ether oxygens (including phenoxy) is 1. The molecule has 236 valence electrons. The SMILES string of the molecule is Cc1cc(C)cc(CC(=O)C2C3CCC4(CC(C(=O)CC5CCCC(C)C5C)C(C(C)CCc5ccccc5)C(=O)C24)O3)c1. The number of aryl methyl sites for hydroxylation is 3. The van der Waals surface area contributed by atoms with Crippen LogP contribution in [0.5, 0.6) is 0 Å². The molecule has 0 aromatic heterocycles. The second-order valence-corrected chi connectivity index (χ2v) is 15.3. The van der Waals surface area contributed by atoms with Gasteiger partial charge >= 0.3 is 0 Å². The van der Waals surface area contributed by atoms with Crippen LogP contribution in [0.2, 0.25) is 0 Å². The molecule has 0 N–H and O–H groups in total. The third-order valence-electron chi connectivity index (χ3n) is 12.3. The summed E-state index contributed by atoms with van der Waals surface area (Å²) < 4.78 is 6.73. The zero-order valence-electron chi connectivity index (χ0n) is 27.5. The Bertz CT molecular complexity index is 1360. The van der Waals surface area contributed by atoms with Crippen LogP contribution in [-0.2, 0) is 32.0 Å². The first kappa shape index (κ1) is 31.4. The summed E-state index contributed by atoms with van der Waals surface area (Å²) in [6, 6.07) is 16.7. The maximum atomic E-state index is 14.9. The molecule has 2 aliphatic carbocycles. The number of rotatable bonds is 10. The number of hydrogen-bond acceptors (Lipinski definition) is 4. The van der Waals surface area contributed by atoms with Gasteiger partial charge in [0.05, 0.1) is 23.5 Å². The molecule has 4 aliphatic rings. The number of benzene rings is 2. The van der Waals surface area contributed by atoms with Gasteiger partial charge < -0.3 is 4.74 Å². The number of hydrogen-bond donors (Lipinski definition) is 0. The molecular formula is C40H52O4. The first-order chi connectivity index (χ1) is 21.1. The Morgan fingerprint density at radius 3 is 2.41 bits per heavy atom. The van der Waals surface area contributed by atoms with E-state index in [1.165, 1.54) is 18.4 Å².